The number of hydrogen-bond acceptors (Lipinski definition) is 6. The summed E-state index contributed by atoms with van der Waals surface area (Å²) in [5, 5.41) is 22.1. The van der Waals surface area contributed by atoms with Crippen LogP contribution in [0, 0.1) is 35.8 Å². The van der Waals surface area contributed by atoms with Crippen molar-refractivity contribution in [2.75, 3.05) is 0 Å². The zero-order chi connectivity index (χ0) is 18.6. The molecule has 1 N–H and O–H groups in total. The van der Waals surface area contributed by atoms with E-state index >= 15 is 0 Å². The van der Waals surface area contributed by atoms with Gasteiger partial charge in [-0.1, -0.05) is 19.4 Å². The van der Waals surface area contributed by atoms with E-state index < -0.39 is 17.1 Å². The molecule has 4 atom stereocenters. The standard InChI is InChI=1S/C18H27N3O4/c1-5-7-9-13-10-14(8-6-2)17(16(13)22)25-18-15(21(23)24)11(3)19-12(4)20-18/h5,13-14,16-17,22H,1,6-10H2,2-4H3/t13-,14-,16-,17+/m0/s1. The van der Waals surface area contributed by atoms with Crippen LogP contribution in [0.25, 0.3) is 0 Å². The van der Waals surface area contributed by atoms with Crippen molar-refractivity contribution in [3.05, 3.63) is 34.3 Å². The molecule has 0 bridgehead atoms. The molecule has 1 aromatic heterocycles. The second-order valence-electron chi connectivity index (χ2n) is 6.75. The number of aryl methyl sites for hydroxylation is 2. The van der Waals surface area contributed by atoms with Gasteiger partial charge in [0.25, 0.3) is 5.88 Å². The predicted octanol–water partition coefficient (Wildman–Crippen LogP) is 3.51. The fourth-order valence-electron chi connectivity index (χ4n) is 3.75. The summed E-state index contributed by atoms with van der Waals surface area (Å²) in [4.78, 5) is 19.1. The highest BCUT2D eigenvalue weighted by Crippen LogP contribution is 2.40. The molecule has 0 aliphatic heterocycles. The number of hydrogen-bond donors (Lipinski definition) is 1. The Labute approximate surface area is 148 Å². The molecule has 0 aromatic carbocycles. The third-order valence-electron chi connectivity index (χ3n) is 4.86. The summed E-state index contributed by atoms with van der Waals surface area (Å²) in [7, 11) is 0. The second-order valence-corrected chi connectivity index (χ2v) is 6.75. The molecule has 0 amide bonds. The summed E-state index contributed by atoms with van der Waals surface area (Å²) in [6, 6.07) is 0. The van der Waals surface area contributed by atoms with Crippen molar-refractivity contribution in [2.45, 2.75) is 65.1 Å². The first-order valence-corrected chi connectivity index (χ1v) is 8.84. The quantitative estimate of drug-likeness (QED) is 0.438. The minimum atomic E-state index is -0.660. The highest BCUT2D eigenvalue weighted by Gasteiger charge is 2.44. The Hall–Kier alpha value is -2.02. The summed E-state index contributed by atoms with van der Waals surface area (Å²) >= 11 is 0. The first-order chi connectivity index (χ1) is 11.9. The average molecular weight is 349 g/mol. The molecular weight excluding hydrogens is 322 g/mol. The number of allylic oxidation sites excluding steroid dienone is 1. The Morgan fingerprint density at radius 2 is 2.08 bits per heavy atom. The number of ether oxygens (including phenoxy) is 1. The summed E-state index contributed by atoms with van der Waals surface area (Å²) in [5.41, 5.74) is 0.0535. The molecule has 0 spiro atoms. The number of rotatable bonds is 8. The maximum absolute atomic E-state index is 11.4. The number of aliphatic hydroxyl groups is 1. The van der Waals surface area contributed by atoms with Crippen LogP contribution in [0.15, 0.2) is 12.7 Å². The topological polar surface area (TPSA) is 98.4 Å². The molecule has 138 valence electrons. The van der Waals surface area contributed by atoms with Gasteiger partial charge in [0.05, 0.1) is 11.0 Å². The van der Waals surface area contributed by atoms with Gasteiger partial charge in [-0.3, -0.25) is 10.1 Å². The number of aromatic nitrogens is 2. The van der Waals surface area contributed by atoms with Crippen LogP contribution in [0.2, 0.25) is 0 Å². The third-order valence-corrected chi connectivity index (χ3v) is 4.86. The fraction of sp³-hybridized carbons (Fsp3) is 0.667. The lowest BCUT2D eigenvalue weighted by Gasteiger charge is -2.23. The van der Waals surface area contributed by atoms with Crippen LogP contribution in [0.1, 0.15) is 50.5 Å². The van der Waals surface area contributed by atoms with E-state index in [1.165, 1.54) is 0 Å². The lowest BCUT2D eigenvalue weighted by atomic mass is 9.97. The molecule has 2 rings (SSSR count). The zero-order valence-electron chi connectivity index (χ0n) is 15.1. The van der Waals surface area contributed by atoms with Crippen LogP contribution >= 0.6 is 0 Å². The van der Waals surface area contributed by atoms with Crippen LogP contribution in [-0.4, -0.2) is 32.2 Å². The Morgan fingerprint density at radius 3 is 2.68 bits per heavy atom. The summed E-state index contributed by atoms with van der Waals surface area (Å²) in [5.74, 6) is 0.651. The second kappa shape index (κ2) is 8.38. The van der Waals surface area contributed by atoms with Gasteiger partial charge in [-0.05, 0) is 51.4 Å². The number of nitro groups is 1. The first kappa shape index (κ1) is 19.3. The molecule has 0 saturated heterocycles. The summed E-state index contributed by atoms with van der Waals surface area (Å²) < 4.78 is 5.95. The Balaban J connectivity index is 2.30. The van der Waals surface area contributed by atoms with Crippen molar-refractivity contribution < 1.29 is 14.8 Å². The maximum atomic E-state index is 11.4. The van der Waals surface area contributed by atoms with Gasteiger partial charge in [-0.25, -0.2) is 4.98 Å². The van der Waals surface area contributed by atoms with Gasteiger partial charge < -0.3 is 9.84 Å². The minimum absolute atomic E-state index is 0.0375. The van der Waals surface area contributed by atoms with E-state index in [4.69, 9.17) is 4.74 Å². The smallest absolute Gasteiger partial charge is 0.351 e. The van der Waals surface area contributed by atoms with E-state index in [0.29, 0.717) is 5.82 Å². The lowest BCUT2D eigenvalue weighted by molar-refractivity contribution is -0.387. The first-order valence-electron chi connectivity index (χ1n) is 8.84. The van der Waals surface area contributed by atoms with Crippen molar-refractivity contribution in [1.29, 1.82) is 0 Å². The molecule has 1 heterocycles. The van der Waals surface area contributed by atoms with Crippen LogP contribution < -0.4 is 4.74 Å². The Morgan fingerprint density at radius 1 is 1.36 bits per heavy atom. The van der Waals surface area contributed by atoms with Crippen LogP contribution in [0.4, 0.5) is 5.69 Å². The van der Waals surface area contributed by atoms with Gasteiger partial charge in [0.15, 0.2) is 0 Å². The molecule has 1 aliphatic rings. The normalized spacial score (nSPS) is 25.8. The van der Waals surface area contributed by atoms with Gasteiger partial charge in [0.2, 0.25) is 0 Å². The van der Waals surface area contributed by atoms with Crippen molar-refractivity contribution in [3.8, 4) is 5.88 Å². The SMILES string of the molecule is C=CCC[C@H]1C[C@H](CCC)[C@@H](Oc2nc(C)nc(C)c2[N+](=O)[O-])[C@H]1O. The van der Waals surface area contributed by atoms with Crippen molar-refractivity contribution in [2.24, 2.45) is 11.8 Å². The summed E-state index contributed by atoms with van der Waals surface area (Å²) in [6.07, 6.45) is 5.10. The molecule has 0 radical (unpaired) electrons. The van der Waals surface area contributed by atoms with E-state index in [2.05, 4.69) is 23.5 Å². The van der Waals surface area contributed by atoms with E-state index in [9.17, 15) is 15.2 Å². The third kappa shape index (κ3) is 4.34. The predicted molar refractivity (Wildman–Crippen MR) is 94.5 cm³/mol. The highest BCUT2D eigenvalue weighted by molar-refractivity contribution is 5.45. The lowest BCUT2D eigenvalue weighted by Crippen LogP contribution is -2.34. The van der Waals surface area contributed by atoms with E-state index in [1.54, 1.807) is 13.8 Å². The molecule has 1 saturated carbocycles. The van der Waals surface area contributed by atoms with Gasteiger partial charge in [0.1, 0.15) is 17.6 Å². The van der Waals surface area contributed by atoms with E-state index in [1.807, 2.05) is 6.08 Å². The van der Waals surface area contributed by atoms with Gasteiger partial charge in [-0.15, -0.1) is 6.58 Å². The monoisotopic (exact) mass is 349 g/mol. The Bertz CT molecular complexity index is 635. The Kier molecular flexibility index (Phi) is 6.47. The van der Waals surface area contributed by atoms with Gasteiger partial charge in [0, 0.05) is 0 Å². The van der Waals surface area contributed by atoms with Crippen molar-refractivity contribution in [1.82, 2.24) is 9.97 Å². The number of aliphatic hydroxyl groups excluding tert-OH is 1. The van der Waals surface area contributed by atoms with E-state index in [0.717, 1.165) is 32.1 Å². The van der Waals surface area contributed by atoms with Crippen molar-refractivity contribution in [3.63, 3.8) is 0 Å². The fourth-order valence-corrected chi connectivity index (χ4v) is 3.75. The largest absolute Gasteiger partial charge is 0.466 e. The summed E-state index contributed by atoms with van der Waals surface area (Å²) in [6.45, 7) is 9.06. The van der Waals surface area contributed by atoms with Crippen LogP contribution in [-0.2, 0) is 0 Å². The molecular formula is C18H27N3O4. The highest BCUT2D eigenvalue weighted by atomic mass is 16.6. The molecule has 1 aliphatic carbocycles. The molecule has 1 aromatic rings. The van der Waals surface area contributed by atoms with Gasteiger partial charge in [-0.2, -0.15) is 4.98 Å². The number of nitrogens with zero attached hydrogens (tertiary/aromatic N) is 3. The van der Waals surface area contributed by atoms with Crippen LogP contribution in [0.5, 0.6) is 5.88 Å². The molecule has 1 fully saturated rings. The maximum Gasteiger partial charge on any atom is 0.351 e. The molecule has 0 unspecified atom stereocenters. The molecule has 7 heteroatoms. The molecule has 25 heavy (non-hydrogen) atoms. The van der Waals surface area contributed by atoms with Crippen molar-refractivity contribution >= 4 is 5.69 Å². The van der Waals surface area contributed by atoms with E-state index in [-0.39, 0.29) is 29.1 Å². The van der Waals surface area contributed by atoms with Crippen LogP contribution in [0.3, 0.4) is 0 Å². The minimum Gasteiger partial charge on any atom is -0.466 e. The molecule has 7 nitrogen and oxygen atoms in total. The average Bonchev–Trinajstić information content (AvgIpc) is 2.81. The van der Waals surface area contributed by atoms with Gasteiger partial charge >= 0.3 is 5.69 Å². The zero-order valence-corrected chi connectivity index (χ0v) is 15.1.